The van der Waals surface area contributed by atoms with E-state index in [1.54, 1.807) is 29.9 Å². The van der Waals surface area contributed by atoms with E-state index in [0.29, 0.717) is 11.4 Å². The molecule has 1 aliphatic rings. The minimum Gasteiger partial charge on any atom is -0.387 e. The smallest absolute Gasteiger partial charge is 0.240 e. The highest BCUT2D eigenvalue weighted by atomic mass is 32.2. The number of aryl methyl sites for hydroxylation is 1. The first-order valence-corrected chi connectivity index (χ1v) is 10.0. The lowest BCUT2D eigenvalue weighted by atomic mass is 10.2. The molecule has 2 aromatic rings. The van der Waals surface area contributed by atoms with Gasteiger partial charge in [0, 0.05) is 38.3 Å². The van der Waals surface area contributed by atoms with Crippen LogP contribution in [0.3, 0.4) is 0 Å². The van der Waals surface area contributed by atoms with E-state index in [-0.39, 0.29) is 42.5 Å². The van der Waals surface area contributed by atoms with Gasteiger partial charge in [-0.25, -0.2) is 13.1 Å². The SMILES string of the molecule is Cn1cccc1[C@H](O)CCNS(=O)(=O)c1ccc(N2C(=O)CCC2=O)cc1. The third kappa shape index (κ3) is 4.10. The van der Waals surface area contributed by atoms with Crippen molar-refractivity contribution in [3.05, 3.63) is 48.3 Å². The number of hydrogen-bond acceptors (Lipinski definition) is 5. The minimum atomic E-state index is -3.76. The summed E-state index contributed by atoms with van der Waals surface area (Å²) in [6.45, 7) is 0.0690. The molecule has 8 nitrogen and oxygen atoms in total. The number of carbonyl (C=O) groups is 2. The van der Waals surface area contributed by atoms with E-state index >= 15 is 0 Å². The monoisotopic (exact) mass is 391 g/mol. The number of hydrogen-bond donors (Lipinski definition) is 2. The summed E-state index contributed by atoms with van der Waals surface area (Å²) >= 11 is 0. The number of aliphatic hydroxyl groups excluding tert-OH is 1. The number of carbonyl (C=O) groups excluding carboxylic acids is 2. The maximum atomic E-state index is 12.4. The van der Waals surface area contributed by atoms with E-state index in [0.717, 1.165) is 4.90 Å². The number of sulfonamides is 1. The molecule has 2 amide bonds. The van der Waals surface area contributed by atoms with Crippen LogP contribution in [-0.2, 0) is 26.7 Å². The fourth-order valence-electron chi connectivity index (χ4n) is 3.02. The number of rotatable bonds is 7. The first kappa shape index (κ1) is 19.3. The van der Waals surface area contributed by atoms with Crippen LogP contribution in [0.2, 0.25) is 0 Å². The third-order valence-corrected chi connectivity index (χ3v) is 5.97. The highest BCUT2D eigenvalue weighted by molar-refractivity contribution is 7.89. The van der Waals surface area contributed by atoms with E-state index < -0.39 is 16.1 Å². The Balaban J connectivity index is 1.62. The van der Waals surface area contributed by atoms with Crippen molar-refractivity contribution < 1.29 is 23.1 Å². The molecule has 0 aliphatic carbocycles. The normalized spacial score (nSPS) is 16.1. The quantitative estimate of drug-likeness (QED) is 0.687. The van der Waals surface area contributed by atoms with Crippen molar-refractivity contribution in [1.82, 2.24) is 9.29 Å². The molecule has 1 aromatic carbocycles. The van der Waals surface area contributed by atoms with Crippen molar-refractivity contribution in [2.45, 2.75) is 30.3 Å². The number of imide groups is 1. The van der Waals surface area contributed by atoms with Gasteiger partial charge in [0.05, 0.1) is 16.7 Å². The average molecular weight is 391 g/mol. The molecule has 9 heteroatoms. The van der Waals surface area contributed by atoms with Gasteiger partial charge in [0.15, 0.2) is 0 Å². The lowest BCUT2D eigenvalue weighted by molar-refractivity contribution is -0.121. The predicted octanol–water partition coefficient (Wildman–Crippen LogP) is 1.08. The predicted molar refractivity (Wildman–Crippen MR) is 98.3 cm³/mol. The Morgan fingerprint density at radius 3 is 2.30 bits per heavy atom. The molecular weight excluding hydrogens is 370 g/mol. The van der Waals surface area contributed by atoms with Gasteiger partial charge in [-0.3, -0.25) is 14.5 Å². The van der Waals surface area contributed by atoms with E-state index in [1.807, 2.05) is 0 Å². The van der Waals surface area contributed by atoms with Crippen LogP contribution < -0.4 is 9.62 Å². The van der Waals surface area contributed by atoms with Crippen molar-refractivity contribution in [3.8, 4) is 0 Å². The summed E-state index contributed by atoms with van der Waals surface area (Å²) in [7, 11) is -1.95. The van der Waals surface area contributed by atoms with Crippen molar-refractivity contribution in [3.63, 3.8) is 0 Å². The van der Waals surface area contributed by atoms with Crippen molar-refractivity contribution in [2.75, 3.05) is 11.4 Å². The van der Waals surface area contributed by atoms with Gasteiger partial charge in [-0.1, -0.05) is 0 Å². The minimum absolute atomic E-state index is 0.0266. The molecule has 1 fully saturated rings. The average Bonchev–Trinajstić information content (AvgIpc) is 3.20. The van der Waals surface area contributed by atoms with Crippen LogP contribution in [0.1, 0.15) is 31.1 Å². The second kappa shape index (κ2) is 7.63. The van der Waals surface area contributed by atoms with Crippen LogP contribution in [0.15, 0.2) is 47.5 Å². The number of anilines is 1. The van der Waals surface area contributed by atoms with Gasteiger partial charge in [-0.05, 0) is 42.8 Å². The van der Waals surface area contributed by atoms with Gasteiger partial charge >= 0.3 is 0 Å². The second-order valence-electron chi connectivity index (χ2n) is 6.36. The van der Waals surface area contributed by atoms with Crippen LogP contribution in [0, 0.1) is 0 Å². The van der Waals surface area contributed by atoms with Crippen LogP contribution in [-0.4, -0.2) is 36.5 Å². The lowest BCUT2D eigenvalue weighted by Crippen LogP contribution is -2.29. The fraction of sp³-hybridized carbons (Fsp3) is 0.333. The Bertz CT molecular complexity index is 934. The summed E-state index contributed by atoms with van der Waals surface area (Å²) in [5.41, 5.74) is 1.07. The summed E-state index contributed by atoms with van der Waals surface area (Å²) in [6, 6.07) is 9.16. The van der Waals surface area contributed by atoms with Crippen LogP contribution in [0.4, 0.5) is 5.69 Å². The molecule has 144 valence electrons. The molecular formula is C18H21N3O5S. The number of aliphatic hydroxyl groups is 1. The maximum absolute atomic E-state index is 12.4. The number of amides is 2. The molecule has 2 N–H and O–H groups in total. The number of benzene rings is 1. The summed E-state index contributed by atoms with van der Waals surface area (Å²) < 4.78 is 29.0. The van der Waals surface area contributed by atoms with Crippen molar-refractivity contribution in [1.29, 1.82) is 0 Å². The Kier molecular flexibility index (Phi) is 5.45. The molecule has 0 bridgehead atoms. The van der Waals surface area contributed by atoms with Crippen LogP contribution >= 0.6 is 0 Å². The number of nitrogens with one attached hydrogen (secondary N) is 1. The Morgan fingerprint density at radius 2 is 1.74 bits per heavy atom. The maximum Gasteiger partial charge on any atom is 0.240 e. The topological polar surface area (TPSA) is 109 Å². The lowest BCUT2D eigenvalue weighted by Gasteiger charge is -2.15. The Hall–Kier alpha value is -2.49. The van der Waals surface area contributed by atoms with Crippen LogP contribution in [0.5, 0.6) is 0 Å². The molecule has 0 unspecified atom stereocenters. The van der Waals surface area contributed by atoms with Crippen molar-refractivity contribution in [2.24, 2.45) is 7.05 Å². The molecule has 27 heavy (non-hydrogen) atoms. The molecule has 1 aromatic heterocycles. The third-order valence-electron chi connectivity index (χ3n) is 4.49. The zero-order valence-electron chi connectivity index (χ0n) is 14.8. The number of aromatic nitrogens is 1. The molecule has 0 saturated carbocycles. The zero-order valence-corrected chi connectivity index (χ0v) is 15.6. The molecule has 1 atom stereocenters. The summed E-state index contributed by atoms with van der Waals surface area (Å²) in [5.74, 6) is -0.577. The molecule has 2 heterocycles. The largest absolute Gasteiger partial charge is 0.387 e. The number of nitrogens with zero attached hydrogens (tertiary/aromatic N) is 2. The summed E-state index contributed by atoms with van der Waals surface area (Å²) in [4.78, 5) is 24.6. The molecule has 1 saturated heterocycles. The molecule has 0 spiro atoms. The summed E-state index contributed by atoms with van der Waals surface area (Å²) in [6.07, 6.45) is 1.60. The fourth-order valence-corrected chi connectivity index (χ4v) is 4.07. The first-order chi connectivity index (χ1) is 12.8. The highest BCUT2D eigenvalue weighted by Crippen LogP contribution is 2.24. The van der Waals surface area contributed by atoms with E-state index in [1.165, 1.54) is 24.3 Å². The molecule has 0 radical (unpaired) electrons. The highest BCUT2D eigenvalue weighted by Gasteiger charge is 2.30. The Morgan fingerprint density at radius 1 is 1.11 bits per heavy atom. The van der Waals surface area contributed by atoms with Crippen molar-refractivity contribution >= 4 is 27.5 Å². The summed E-state index contributed by atoms with van der Waals surface area (Å²) in [5, 5.41) is 10.1. The van der Waals surface area contributed by atoms with Gasteiger partial charge in [-0.2, -0.15) is 0 Å². The zero-order chi connectivity index (χ0) is 19.6. The molecule has 3 rings (SSSR count). The van der Waals surface area contributed by atoms with Gasteiger partial charge in [0.2, 0.25) is 21.8 Å². The first-order valence-electron chi connectivity index (χ1n) is 8.54. The Labute approximate surface area is 157 Å². The van der Waals surface area contributed by atoms with Gasteiger partial charge in [-0.15, -0.1) is 0 Å². The van der Waals surface area contributed by atoms with Gasteiger partial charge in [0.25, 0.3) is 0 Å². The second-order valence-corrected chi connectivity index (χ2v) is 8.13. The van der Waals surface area contributed by atoms with Gasteiger partial charge in [0.1, 0.15) is 0 Å². The standard InChI is InChI=1S/C18H21N3O5S/c1-20-12-2-3-15(20)16(22)10-11-19-27(25,26)14-6-4-13(5-7-14)21-17(23)8-9-18(21)24/h2-7,12,16,19,22H,8-11H2,1H3/t16-/m1/s1. The van der Waals surface area contributed by atoms with Gasteiger partial charge < -0.3 is 9.67 Å². The van der Waals surface area contributed by atoms with E-state index in [2.05, 4.69) is 4.72 Å². The van der Waals surface area contributed by atoms with Crippen LogP contribution in [0.25, 0.3) is 0 Å². The molecule has 1 aliphatic heterocycles. The van der Waals surface area contributed by atoms with E-state index in [9.17, 15) is 23.1 Å². The van der Waals surface area contributed by atoms with E-state index in [4.69, 9.17) is 0 Å².